The van der Waals surface area contributed by atoms with Crippen LogP contribution in [0.15, 0.2) is 35.5 Å². The van der Waals surface area contributed by atoms with E-state index in [1.807, 2.05) is 31.2 Å². The second-order valence-electron chi connectivity index (χ2n) is 7.33. The lowest BCUT2D eigenvalue weighted by Gasteiger charge is -2.31. The van der Waals surface area contributed by atoms with E-state index in [4.69, 9.17) is 9.47 Å². The summed E-state index contributed by atoms with van der Waals surface area (Å²) < 4.78 is 11.5. The summed E-state index contributed by atoms with van der Waals surface area (Å²) in [6.07, 6.45) is 3.86. The molecule has 0 spiro atoms. The first-order chi connectivity index (χ1) is 13.0. The van der Waals surface area contributed by atoms with Crippen LogP contribution in [0.3, 0.4) is 0 Å². The molecule has 1 aliphatic carbocycles. The molecule has 2 N–H and O–H groups in total. The molecule has 6 nitrogen and oxygen atoms in total. The molecule has 2 amide bonds. The molecular weight excluding hydrogens is 344 g/mol. The summed E-state index contributed by atoms with van der Waals surface area (Å²) in [5.74, 6) is 0.954. The minimum absolute atomic E-state index is 0.0607. The summed E-state index contributed by atoms with van der Waals surface area (Å²) >= 11 is 0. The highest BCUT2D eigenvalue weighted by atomic mass is 16.5. The van der Waals surface area contributed by atoms with Crippen LogP contribution < -0.4 is 15.4 Å². The standard InChI is InChI=1S/C21H28N2O4/c1-4-26-17-8-6-5-7-16(17)19-18(14(3)22-21(25)23-19)20(24)27-15-11-9-13(2)10-12-15/h5-8,13,15,19H,4,9-12H2,1-3H3,(H2,22,23,25). The highest BCUT2D eigenvalue weighted by molar-refractivity contribution is 5.95. The molecule has 3 rings (SSSR count). The van der Waals surface area contributed by atoms with Gasteiger partial charge in [-0.1, -0.05) is 25.1 Å². The van der Waals surface area contributed by atoms with Gasteiger partial charge in [0.2, 0.25) is 0 Å². The van der Waals surface area contributed by atoms with E-state index < -0.39 is 6.04 Å². The number of esters is 1. The third-order valence-corrected chi connectivity index (χ3v) is 5.26. The molecule has 1 atom stereocenters. The van der Waals surface area contributed by atoms with E-state index in [1.54, 1.807) is 6.92 Å². The number of ether oxygens (including phenoxy) is 2. The quantitative estimate of drug-likeness (QED) is 0.770. The Kier molecular flexibility index (Phi) is 6.04. The lowest BCUT2D eigenvalue weighted by atomic mass is 9.88. The van der Waals surface area contributed by atoms with Crippen LogP contribution in [0.5, 0.6) is 5.75 Å². The fourth-order valence-corrected chi connectivity index (χ4v) is 3.77. The van der Waals surface area contributed by atoms with Gasteiger partial charge in [0, 0.05) is 11.3 Å². The lowest BCUT2D eigenvalue weighted by molar-refractivity contribution is -0.146. The maximum Gasteiger partial charge on any atom is 0.338 e. The van der Waals surface area contributed by atoms with Crippen molar-refractivity contribution in [3.8, 4) is 5.75 Å². The molecule has 0 radical (unpaired) electrons. The first-order valence-corrected chi connectivity index (χ1v) is 9.70. The fraction of sp³-hybridized carbons (Fsp3) is 0.524. The van der Waals surface area contributed by atoms with E-state index in [0.717, 1.165) is 31.2 Å². The van der Waals surface area contributed by atoms with Crippen molar-refractivity contribution in [2.24, 2.45) is 5.92 Å². The number of rotatable bonds is 5. The van der Waals surface area contributed by atoms with Gasteiger partial charge >= 0.3 is 12.0 Å². The number of nitrogens with one attached hydrogen (secondary N) is 2. The molecule has 1 aromatic carbocycles. The van der Waals surface area contributed by atoms with Crippen LogP contribution in [0, 0.1) is 5.92 Å². The smallest absolute Gasteiger partial charge is 0.338 e. The summed E-state index contributed by atoms with van der Waals surface area (Å²) in [5.41, 5.74) is 1.70. The molecule has 1 saturated carbocycles. The van der Waals surface area contributed by atoms with Gasteiger partial charge in [0.25, 0.3) is 0 Å². The number of carbonyl (C=O) groups is 2. The Balaban J connectivity index is 1.87. The fourth-order valence-electron chi connectivity index (χ4n) is 3.77. The van der Waals surface area contributed by atoms with Crippen LogP contribution in [0.25, 0.3) is 0 Å². The molecule has 0 bridgehead atoms. The van der Waals surface area contributed by atoms with Crippen molar-refractivity contribution in [3.63, 3.8) is 0 Å². The third kappa shape index (κ3) is 4.43. The van der Waals surface area contributed by atoms with E-state index in [2.05, 4.69) is 17.6 Å². The van der Waals surface area contributed by atoms with Crippen LogP contribution in [0.1, 0.15) is 58.1 Å². The summed E-state index contributed by atoms with van der Waals surface area (Å²) in [6.45, 7) is 6.36. The van der Waals surface area contributed by atoms with E-state index >= 15 is 0 Å². The predicted molar refractivity (Wildman–Crippen MR) is 102 cm³/mol. The minimum atomic E-state index is -0.600. The average Bonchev–Trinajstić information content (AvgIpc) is 2.63. The highest BCUT2D eigenvalue weighted by Crippen LogP contribution is 2.34. The van der Waals surface area contributed by atoms with Gasteiger partial charge in [0.15, 0.2) is 0 Å². The van der Waals surface area contributed by atoms with E-state index in [1.165, 1.54) is 0 Å². The van der Waals surface area contributed by atoms with Gasteiger partial charge in [-0.05, 0) is 51.5 Å². The van der Waals surface area contributed by atoms with Gasteiger partial charge in [-0.3, -0.25) is 0 Å². The van der Waals surface area contributed by atoms with Crippen molar-refractivity contribution >= 4 is 12.0 Å². The van der Waals surface area contributed by atoms with E-state index in [-0.39, 0.29) is 18.1 Å². The van der Waals surface area contributed by atoms with Gasteiger partial charge in [0.1, 0.15) is 11.9 Å². The maximum atomic E-state index is 13.0. The molecule has 6 heteroatoms. The van der Waals surface area contributed by atoms with Crippen LogP contribution in [0.4, 0.5) is 4.79 Å². The Labute approximate surface area is 160 Å². The molecule has 146 valence electrons. The number of hydrogen-bond acceptors (Lipinski definition) is 4. The molecular formula is C21H28N2O4. The summed E-state index contributed by atoms with van der Waals surface area (Å²) in [6, 6.07) is 6.50. The summed E-state index contributed by atoms with van der Waals surface area (Å²) in [7, 11) is 0. The maximum absolute atomic E-state index is 13.0. The normalized spacial score (nSPS) is 25.4. The SMILES string of the molecule is CCOc1ccccc1C1NC(=O)NC(C)=C1C(=O)OC1CCC(C)CC1. The number of urea groups is 1. The van der Waals surface area contributed by atoms with Gasteiger partial charge in [0.05, 0.1) is 18.2 Å². The van der Waals surface area contributed by atoms with Crippen molar-refractivity contribution in [1.82, 2.24) is 10.6 Å². The summed E-state index contributed by atoms with van der Waals surface area (Å²) in [5, 5.41) is 5.54. The Hall–Kier alpha value is -2.50. The third-order valence-electron chi connectivity index (χ3n) is 5.26. The topological polar surface area (TPSA) is 76.7 Å². The molecule has 0 aromatic heterocycles. The Bertz CT molecular complexity index is 735. The van der Waals surface area contributed by atoms with Crippen molar-refractivity contribution in [2.45, 2.75) is 58.6 Å². The van der Waals surface area contributed by atoms with Crippen molar-refractivity contribution in [2.75, 3.05) is 6.61 Å². The Morgan fingerprint density at radius 2 is 1.89 bits per heavy atom. The molecule has 1 fully saturated rings. The van der Waals surface area contributed by atoms with E-state index in [0.29, 0.717) is 29.5 Å². The van der Waals surface area contributed by atoms with Crippen LogP contribution >= 0.6 is 0 Å². The largest absolute Gasteiger partial charge is 0.494 e. The van der Waals surface area contributed by atoms with Gasteiger partial charge in [-0.15, -0.1) is 0 Å². The molecule has 1 heterocycles. The van der Waals surface area contributed by atoms with Crippen LogP contribution in [-0.4, -0.2) is 24.7 Å². The van der Waals surface area contributed by atoms with Gasteiger partial charge < -0.3 is 20.1 Å². The molecule has 1 aromatic rings. The second kappa shape index (κ2) is 8.46. The zero-order valence-electron chi connectivity index (χ0n) is 16.2. The Morgan fingerprint density at radius 1 is 1.19 bits per heavy atom. The van der Waals surface area contributed by atoms with Crippen molar-refractivity contribution in [3.05, 3.63) is 41.1 Å². The minimum Gasteiger partial charge on any atom is -0.494 e. The zero-order valence-corrected chi connectivity index (χ0v) is 16.2. The van der Waals surface area contributed by atoms with Crippen LogP contribution in [-0.2, 0) is 9.53 Å². The summed E-state index contributed by atoms with van der Waals surface area (Å²) in [4.78, 5) is 25.1. The molecule has 2 aliphatic rings. The van der Waals surface area contributed by atoms with Crippen molar-refractivity contribution < 1.29 is 19.1 Å². The zero-order chi connectivity index (χ0) is 19.4. The number of allylic oxidation sites excluding steroid dienone is 1. The van der Waals surface area contributed by atoms with E-state index in [9.17, 15) is 9.59 Å². The first-order valence-electron chi connectivity index (χ1n) is 9.70. The van der Waals surface area contributed by atoms with Crippen LogP contribution in [0.2, 0.25) is 0 Å². The number of amides is 2. The second-order valence-corrected chi connectivity index (χ2v) is 7.33. The lowest BCUT2D eigenvalue weighted by Crippen LogP contribution is -2.45. The number of para-hydroxylation sites is 1. The molecule has 1 unspecified atom stereocenters. The van der Waals surface area contributed by atoms with Gasteiger partial charge in [-0.2, -0.15) is 0 Å². The Morgan fingerprint density at radius 3 is 2.59 bits per heavy atom. The predicted octanol–water partition coefficient (Wildman–Crippen LogP) is 3.84. The van der Waals surface area contributed by atoms with Crippen molar-refractivity contribution in [1.29, 1.82) is 0 Å². The number of hydrogen-bond donors (Lipinski definition) is 2. The number of carbonyl (C=O) groups excluding carboxylic acids is 2. The monoisotopic (exact) mass is 372 g/mol. The first kappa shape index (κ1) is 19.3. The molecule has 1 aliphatic heterocycles. The average molecular weight is 372 g/mol. The number of benzene rings is 1. The molecule has 0 saturated heterocycles. The molecule has 27 heavy (non-hydrogen) atoms. The highest BCUT2D eigenvalue weighted by Gasteiger charge is 2.35. The van der Waals surface area contributed by atoms with Gasteiger partial charge in [-0.25, -0.2) is 9.59 Å².